The number of hydrogen-bond donors (Lipinski definition) is 3. The summed E-state index contributed by atoms with van der Waals surface area (Å²) in [5.74, 6) is -0.902. The Labute approximate surface area is 230 Å². The van der Waals surface area contributed by atoms with Gasteiger partial charge >= 0.3 is 0 Å². The molecule has 0 aromatic heterocycles. The molecule has 8 nitrogen and oxygen atoms in total. The number of ether oxygens (including phenoxy) is 1. The number of unbranched alkanes of at least 4 members (excludes halogenated alkanes) is 2. The minimum absolute atomic E-state index is 0.0363. The third-order valence-electron chi connectivity index (χ3n) is 8.56. The topological polar surface area (TPSA) is 108 Å². The maximum Gasteiger partial charge on any atom is 0.244 e. The van der Waals surface area contributed by atoms with Crippen LogP contribution in [0, 0.1) is 23.7 Å². The number of aliphatic hydroxyl groups excluding tert-OH is 1. The molecular formula is C29H43N3O5S. The summed E-state index contributed by atoms with van der Waals surface area (Å²) in [5.41, 5.74) is 0.649. The lowest BCUT2D eigenvalue weighted by atomic mass is 9.66. The summed E-state index contributed by atoms with van der Waals surface area (Å²) >= 11 is 1.66. The third kappa shape index (κ3) is 4.92. The van der Waals surface area contributed by atoms with Crippen LogP contribution in [0.2, 0.25) is 0 Å². The molecule has 1 spiro atoms. The lowest BCUT2D eigenvalue weighted by Gasteiger charge is -2.40. The monoisotopic (exact) mass is 545 g/mol. The van der Waals surface area contributed by atoms with Gasteiger partial charge in [0.1, 0.15) is 11.8 Å². The van der Waals surface area contributed by atoms with Gasteiger partial charge in [0.05, 0.1) is 35.8 Å². The number of fused-ring (bicyclic) bond motifs is 1. The molecule has 3 amide bonds. The second-order valence-electron chi connectivity index (χ2n) is 11.2. The van der Waals surface area contributed by atoms with E-state index in [1.807, 2.05) is 32.9 Å². The normalized spacial score (nSPS) is 30.4. The van der Waals surface area contributed by atoms with Crippen molar-refractivity contribution >= 4 is 35.2 Å². The van der Waals surface area contributed by atoms with Crippen LogP contribution in [-0.4, -0.2) is 69.6 Å². The molecule has 3 fully saturated rings. The number of nitrogens with zero attached hydrogens (tertiary/aromatic N) is 1. The van der Waals surface area contributed by atoms with Crippen LogP contribution < -0.4 is 15.4 Å². The van der Waals surface area contributed by atoms with Crippen LogP contribution in [0.5, 0.6) is 5.75 Å². The van der Waals surface area contributed by atoms with E-state index in [9.17, 15) is 19.5 Å². The summed E-state index contributed by atoms with van der Waals surface area (Å²) in [5, 5.41) is 16.4. The Hall–Kier alpha value is -2.26. The highest BCUT2D eigenvalue weighted by molar-refractivity contribution is 8.02. The molecular weight excluding hydrogens is 502 g/mol. The van der Waals surface area contributed by atoms with Crippen LogP contribution in [-0.2, 0) is 14.4 Å². The summed E-state index contributed by atoms with van der Waals surface area (Å²) < 4.78 is 4.81. The van der Waals surface area contributed by atoms with Gasteiger partial charge in [-0.1, -0.05) is 40.5 Å². The zero-order chi connectivity index (χ0) is 27.6. The van der Waals surface area contributed by atoms with Gasteiger partial charge in [-0.25, -0.2) is 0 Å². The van der Waals surface area contributed by atoms with Crippen molar-refractivity contribution in [2.24, 2.45) is 23.7 Å². The van der Waals surface area contributed by atoms with E-state index in [-0.39, 0.29) is 41.4 Å². The van der Waals surface area contributed by atoms with Crippen LogP contribution in [0.1, 0.15) is 60.3 Å². The van der Waals surface area contributed by atoms with Crippen LogP contribution >= 0.6 is 11.8 Å². The maximum atomic E-state index is 14.2. The molecule has 3 aliphatic heterocycles. The van der Waals surface area contributed by atoms with Gasteiger partial charge in [-0.15, -0.1) is 11.8 Å². The van der Waals surface area contributed by atoms with Gasteiger partial charge in [0.2, 0.25) is 17.7 Å². The second-order valence-corrected chi connectivity index (χ2v) is 12.8. The number of carbonyl (C=O) groups excluding carboxylic acids is 3. The molecule has 210 valence electrons. The highest BCUT2D eigenvalue weighted by atomic mass is 32.2. The molecule has 0 radical (unpaired) electrons. The van der Waals surface area contributed by atoms with Crippen molar-refractivity contribution in [1.82, 2.24) is 10.2 Å². The number of hydrogen-bond acceptors (Lipinski definition) is 6. The Kier molecular flexibility index (Phi) is 8.97. The van der Waals surface area contributed by atoms with E-state index in [0.717, 1.165) is 31.4 Å². The average Bonchev–Trinajstić information content (AvgIpc) is 3.47. The molecule has 3 aliphatic rings. The van der Waals surface area contributed by atoms with E-state index in [0.29, 0.717) is 18.8 Å². The summed E-state index contributed by atoms with van der Waals surface area (Å²) in [4.78, 5) is 43.4. The minimum atomic E-state index is -0.713. The molecule has 0 aliphatic carbocycles. The number of thioether (sulfide) groups is 1. The number of carbonyl (C=O) groups is 3. The first-order valence-electron chi connectivity index (χ1n) is 14.1. The largest absolute Gasteiger partial charge is 0.494 e. The number of rotatable bonds is 12. The Bertz CT molecular complexity index is 1020. The predicted octanol–water partition coefficient (Wildman–Crippen LogP) is 3.68. The van der Waals surface area contributed by atoms with Gasteiger partial charge in [-0.2, -0.15) is 0 Å². The SMILES string of the molecule is CCCCCNC(=O)C1N([C@@H](CO)C(C)C)C(=O)[C@@H]2[C@H](C(=O)Nc3ccc(OCC)cc3)[C@@H]3CC(C)C12S3. The standard InChI is InChI=1S/C29H43N3O5S/c1-6-8-9-14-30-27(35)25-29-18(5)15-22(38-29)23(24(29)28(36)32(25)21(16-33)17(3)4)26(34)31-19-10-12-20(13-11-19)37-7-2/h10-13,17-18,21-25,33H,6-9,14-16H2,1-5H3,(H,30,35)(H,31,34)/t18?,21-,22-,23+,24-,25?,29?/m0/s1. The maximum absolute atomic E-state index is 14.2. The Morgan fingerprint density at radius 1 is 1.18 bits per heavy atom. The van der Waals surface area contributed by atoms with E-state index in [1.165, 1.54) is 0 Å². The summed E-state index contributed by atoms with van der Waals surface area (Å²) in [7, 11) is 0. The molecule has 7 atom stereocenters. The molecule has 1 aromatic carbocycles. The van der Waals surface area contributed by atoms with Crippen molar-refractivity contribution in [3.05, 3.63) is 24.3 Å². The van der Waals surface area contributed by atoms with Gasteiger partial charge in [-0.3, -0.25) is 14.4 Å². The van der Waals surface area contributed by atoms with E-state index in [2.05, 4.69) is 24.5 Å². The van der Waals surface area contributed by atoms with Crippen molar-refractivity contribution in [3.63, 3.8) is 0 Å². The highest BCUT2D eigenvalue weighted by Crippen LogP contribution is 2.69. The molecule has 3 N–H and O–H groups in total. The number of likely N-dealkylation sites (tertiary alicyclic amines) is 1. The summed E-state index contributed by atoms with van der Waals surface area (Å²) in [6.45, 7) is 11.0. The van der Waals surface area contributed by atoms with Crippen LogP contribution in [0.3, 0.4) is 0 Å². The number of anilines is 1. The van der Waals surface area contributed by atoms with E-state index >= 15 is 0 Å². The summed E-state index contributed by atoms with van der Waals surface area (Å²) in [6.07, 6.45) is 3.73. The molecule has 9 heteroatoms. The quantitative estimate of drug-likeness (QED) is 0.346. The van der Waals surface area contributed by atoms with E-state index in [1.54, 1.807) is 28.8 Å². The first kappa shape index (κ1) is 28.7. The van der Waals surface area contributed by atoms with Crippen LogP contribution in [0.25, 0.3) is 0 Å². The lowest BCUT2D eigenvalue weighted by molar-refractivity contribution is -0.143. The van der Waals surface area contributed by atoms with E-state index in [4.69, 9.17) is 4.74 Å². The Morgan fingerprint density at radius 3 is 2.50 bits per heavy atom. The fraction of sp³-hybridized carbons (Fsp3) is 0.690. The van der Waals surface area contributed by atoms with Crippen molar-refractivity contribution in [1.29, 1.82) is 0 Å². The molecule has 3 saturated heterocycles. The number of aliphatic hydroxyl groups is 1. The zero-order valence-electron chi connectivity index (χ0n) is 23.2. The molecule has 3 heterocycles. The minimum Gasteiger partial charge on any atom is -0.494 e. The van der Waals surface area contributed by atoms with Gasteiger partial charge in [-0.05, 0) is 55.9 Å². The lowest BCUT2D eigenvalue weighted by Crippen LogP contribution is -2.59. The summed E-state index contributed by atoms with van der Waals surface area (Å²) in [6, 6.07) is 6.03. The van der Waals surface area contributed by atoms with Crippen molar-refractivity contribution < 1.29 is 24.2 Å². The van der Waals surface area contributed by atoms with E-state index < -0.39 is 28.7 Å². The zero-order valence-corrected chi connectivity index (χ0v) is 24.1. The van der Waals surface area contributed by atoms with Gasteiger partial charge < -0.3 is 25.4 Å². The predicted molar refractivity (Wildman–Crippen MR) is 150 cm³/mol. The fourth-order valence-electron chi connectivity index (χ4n) is 6.75. The molecule has 4 rings (SSSR count). The molecule has 38 heavy (non-hydrogen) atoms. The molecule has 2 bridgehead atoms. The highest BCUT2D eigenvalue weighted by Gasteiger charge is 2.76. The molecule has 3 unspecified atom stereocenters. The van der Waals surface area contributed by atoms with Crippen molar-refractivity contribution in [2.75, 3.05) is 25.1 Å². The number of nitrogens with one attached hydrogen (secondary N) is 2. The van der Waals surface area contributed by atoms with Crippen molar-refractivity contribution in [2.45, 2.75) is 82.4 Å². The molecule has 0 saturated carbocycles. The van der Waals surface area contributed by atoms with Gasteiger partial charge in [0.25, 0.3) is 0 Å². The van der Waals surface area contributed by atoms with Crippen LogP contribution in [0.4, 0.5) is 5.69 Å². The Balaban J connectivity index is 1.65. The van der Waals surface area contributed by atoms with Gasteiger partial charge in [0, 0.05) is 17.5 Å². The Morgan fingerprint density at radius 2 is 1.89 bits per heavy atom. The first-order chi connectivity index (χ1) is 18.2. The van der Waals surface area contributed by atoms with Gasteiger partial charge in [0.15, 0.2) is 0 Å². The van der Waals surface area contributed by atoms with Crippen molar-refractivity contribution in [3.8, 4) is 5.75 Å². The second kappa shape index (κ2) is 11.9. The first-order valence-corrected chi connectivity index (χ1v) is 15.0. The van der Waals surface area contributed by atoms with Crippen LogP contribution in [0.15, 0.2) is 24.3 Å². The number of amides is 3. The third-order valence-corrected chi connectivity index (χ3v) is 10.6. The smallest absolute Gasteiger partial charge is 0.244 e. The fourth-order valence-corrected chi connectivity index (χ4v) is 9.16. The number of benzene rings is 1. The molecule has 1 aromatic rings. The average molecular weight is 546 g/mol.